The van der Waals surface area contributed by atoms with Crippen LogP contribution >= 0.6 is 11.6 Å². The summed E-state index contributed by atoms with van der Waals surface area (Å²) in [4.78, 5) is 14.7. The van der Waals surface area contributed by atoms with E-state index < -0.39 is 5.97 Å². The Morgan fingerprint density at radius 2 is 2.29 bits per heavy atom. The molecule has 2 aromatic rings. The number of aryl methyl sites for hydroxylation is 2. The van der Waals surface area contributed by atoms with E-state index in [4.69, 9.17) is 21.1 Å². The first-order valence-corrected chi connectivity index (χ1v) is 5.71. The van der Waals surface area contributed by atoms with E-state index in [0.29, 0.717) is 23.8 Å². The van der Waals surface area contributed by atoms with Crippen molar-refractivity contribution in [1.82, 2.24) is 4.98 Å². The number of hydrogen-bond acceptors (Lipinski definition) is 3. The molecule has 5 heteroatoms. The van der Waals surface area contributed by atoms with E-state index in [2.05, 4.69) is 4.98 Å². The first kappa shape index (κ1) is 11.9. The van der Waals surface area contributed by atoms with Crippen molar-refractivity contribution in [2.75, 3.05) is 0 Å². The Kier molecular flexibility index (Phi) is 3.33. The smallest absolute Gasteiger partial charge is 0.303 e. The number of aliphatic carboxylic acids is 1. The minimum Gasteiger partial charge on any atom is -0.481 e. The maximum Gasteiger partial charge on any atom is 0.303 e. The molecule has 2 rings (SSSR count). The van der Waals surface area contributed by atoms with Crippen molar-refractivity contribution in [2.24, 2.45) is 0 Å². The summed E-state index contributed by atoms with van der Waals surface area (Å²) >= 11 is 5.92. The van der Waals surface area contributed by atoms with E-state index in [0.717, 1.165) is 16.7 Å². The zero-order valence-corrected chi connectivity index (χ0v) is 10.1. The van der Waals surface area contributed by atoms with E-state index >= 15 is 0 Å². The third kappa shape index (κ3) is 2.77. The van der Waals surface area contributed by atoms with E-state index in [1.807, 2.05) is 13.0 Å². The number of fused-ring (bicyclic) bond motifs is 1. The lowest BCUT2D eigenvalue weighted by molar-refractivity contribution is -0.137. The van der Waals surface area contributed by atoms with Gasteiger partial charge in [-0.15, -0.1) is 0 Å². The highest BCUT2D eigenvalue weighted by atomic mass is 35.5. The van der Waals surface area contributed by atoms with Gasteiger partial charge in [0.15, 0.2) is 11.5 Å². The van der Waals surface area contributed by atoms with Gasteiger partial charge < -0.3 is 9.52 Å². The van der Waals surface area contributed by atoms with Crippen molar-refractivity contribution < 1.29 is 14.3 Å². The Labute approximate surface area is 103 Å². The molecule has 0 aliphatic heterocycles. The molecule has 1 aromatic carbocycles. The molecule has 0 atom stereocenters. The molecule has 0 aliphatic rings. The van der Waals surface area contributed by atoms with E-state index in [1.165, 1.54) is 0 Å². The van der Waals surface area contributed by atoms with E-state index in [9.17, 15) is 4.79 Å². The van der Waals surface area contributed by atoms with Crippen LogP contribution in [0.4, 0.5) is 0 Å². The number of hydrogen-bond donors (Lipinski definition) is 1. The molecule has 0 saturated carbocycles. The zero-order chi connectivity index (χ0) is 12.4. The number of oxazole rings is 1. The summed E-state index contributed by atoms with van der Waals surface area (Å²) in [5.74, 6) is -0.244. The van der Waals surface area contributed by atoms with E-state index in [-0.39, 0.29) is 6.42 Å². The van der Waals surface area contributed by atoms with Crippen LogP contribution in [0, 0.1) is 6.92 Å². The molecular weight excluding hydrogens is 242 g/mol. The summed E-state index contributed by atoms with van der Waals surface area (Å²) in [5.41, 5.74) is 2.38. The maximum atomic E-state index is 10.4. The summed E-state index contributed by atoms with van der Waals surface area (Å²) in [6, 6.07) is 3.56. The first-order chi connectivity index (χ1) is 8.06. The van der Waals surface area contributed by atoms with Crippen LogP contribution in [0.1, 0.15) is 24.3 Å². The molecule has 1 aromatic heterocycles. The Hall–Kier alpha value is -1.55. The molecule has 1 N–H and O–H groups in total. The molecule has 17 heavy (non-hydrogen) atoms. The summed E-state index contributed by atoms with van der Waals surface area (Å²) < 4.78 is 5.57. The van der Waals surface area contributed by atoms with Crippen molar-refractivity contribution in [3.8, 4) is 0 Å². The number of nitrogens with zero attached hydrogens (tertiary/aromatic N) is 1. The van der Waals surface area contributed by atoms with Gasteiger partial charge in [0.05, 0.1) is 0 Å². The van der Waals surface area contributed by atoms with E-state index in [1.54, 1.807) is 6.07 Å². The normalized spacial score (nSPS) is 10.9. The van der Waals surface area contributed by atoms with Crippen LogP contribution < -0.4 is 0 Å². The number of carbonyl (C=O) groups is 1. The van der Waals surface area contributed by atoms with Crippen LogP contribution in [-0.2, 0) is 11.2 Å². The number of carboxylic acid groups (broad SMARTS) is 1. The quantitative estimate of drug-likeness (QED) is 0.909. The third-order valence-corrected chi connectivity index (χ3v) is 2.68. The van der Waals surface area contributed by atoms with Crippen LogP contribution in [0.2, 0.25) is 5.02 Å². The molecule has 0 amide bonds. The highest BCUT2D eigenvalue weighted by molar-refractivity contribution is 6.31. The predicted molar refractivity (Wildman–Crippen MR) is 64.3 cm³/mol. The summed E-state index contributed by atoms with van der Waals surface area (Å²) in [5, 5.41) is 9.17. The summed E-state index contributed by atoms with van der Waals surface area (Å²) in [7, 11) is 0. The van der Waals surface area contributed by atoms with Gasteiger partial charge in [0.1, 0.15) is 5.52 Å². The number of benzene rings is 1. The first-order valence-electron chi connectivity index (χ1n) is 5.33. The Morgan fingerprint density at radius 3 is 3.00 bits per heavy atom. The van der Waals surface area contributed by atoms with Crippen LogP contribution in [0.5, 0.6) is 0 Å². The minimum atomic E-state index is -0.805. The van der Waals surface area contributed by atoms with Gasteiger partial charge in [0.2, 0.25) is 0 Å². The summed E-state index contributed by atoms with van der Waals surface area (Å²) in [6.45, 7) is 1.90. The van der Waals surface area contributed by atoms with Crippen LogP contribution in [0.25, 0.3) is 11.1 Å². The largest absolute Gasteiger partial charge is 0.481 e. The third-order valence-electron chi connectivity index (χ3n) is 2.47. The van der Waals surface area contributed by atoms with Crippen molar-refractivity contribution in [2.45, 2.75) is 26.2 Å². The van der Waals surface area contributed by atoms with Crippen molar-refractivity contribution >= 4 is 28.7 Å². The Balaban J connectivity index is 2.20. The number of aromatic nitrogens is 1. The van der Waals surface area contributed by atoms with Gasteiger partial charge >= 0.3 is 5.97 Å². The van der Waals surface area contributed by atoms with Crippen LogP contribution in [-0.4, -0.2) is 16.1 Å². The monoisotopic (exact) mass is 253 g/mol. The molecule has 4 nitrogen and oxygen atoms in total. The number of carboxylic acids is 1. The molecule has 0 fully saturated rings. The lowest BCUT2D eigenvalue weighted by Gasteiger charge is -1.94. The molecule has 0 aliphatic carbocycles. The summed E-state index contributed by atoms with van der Waals surface area (Å²) in [6.07, 6.45) is 1.17. The molecule has 0 spiro atoms. The second-order valence-electron chi connectivity index (χ2n) is 3.93. The van der Waals surface area contributed by atoms with Crippen molar-refractivity contribution in [1.29, 1.82) is 0 Å². The van der Waals surface area contributed by atoms with Gasteiger partial charge in [-0.3, -0.25) is 4.79 Å². The van der Waals surface area contributed by atoms with Gasteiger partial charge in [-0.25, -0.2) is 4.98 Å². The SMILES string of the molecule is Cc1cc(Cl)cc2nc(CCCC(=O)O)oc12. The van der Waals surface area contributed by atoms with Crippen molar-refractivity contribution in [3.63, 3.8) is 0 Å². The molecule has 0 radical (unpaired) electrons. The molecule has 0 unspecified atom stereocenters. The highest BCUT2D eigenvalue weighted by Crippen LogP contribution is 2.24. The maximum absolute atomic E-state index is 10.4. The van der Waals surface area contributed by atoms with Gasteiger partial charge in [-0.2, -0.15) is 0 Å². The van der Waals surface area contributed by atoms with Crippen molar-refractivity contribution in [3.05, 3.63) is 28.6 Å². The van der Waals surface area contributed by atoms with Gasteiger partial charge in [0, 0.05) is 17.9 Å². The molecule has 1 heterocycles. The fraction of sp³-hybridized carbons (Fsp3) is 0.333. The number of halogens is 1. The van der Waals surface area contributed by atoms with Gasteiger partial charge in [-0.05, 0) is 31.0 Å². The number of rotatable bonds is 4. The molecule has 0 saturated heterocycles. The Bertz CT molecular complexity index is 562. The van der Waals surface area contributed by atoms with Crippen LogP contribution in [0.15, 0.2) is 16.5 Å². The average molecular weight is 254 g/mol. The average Bonchev–Trinajstić information content (AvgIpc) is 2.60. The zero-order valence-electron chi connectivity index (χ0n) is 9.36. The second kappa shape index (κ2) is 4.75. The lowest BCUT2D eigenvalue weighted by atomic mass is 10.2. The molecular formula is C12H12ClNO3. The Morgan fingerprint density at radius 1 is 1.53 bits per heavy atom. The highest BCUT2D eigenvalue weighted by Gasteiger charge is 2.09. The topological polar surface area (TPSA) is 63.3 Å². The fourth-order valence-electron chi connectivity index (χ4n) is 1.70. The standard InChI is InChI=1S/C12H12ClNO3/c1-7-5-8(13)6-9-12(7)17-10(14-9)3-2-4-11(15)16/h5-6H,2-4H2,1H3,(H,15,16). The molecule has 90 valence electrons. The predicted octanol–water partition coefficient (Wildman–Crippen LogP) is 3.20. The van der Waals surface area contributed by atoms with Crippen LogP contribution in [0.3, 0.4) is 0 Å². The fourth-order valence-corrected chi connectivity index (χ4v) is 1.97. The molecule has 0 bridgehead atoms. The minimum absolute atomic E-state index is 0.123. The van der Waals surface area contributed by atoms with Gasteiger partial charge in [0.25, 0.3) is 0 Å². The van der Waals surface area contributed by atoms with Gasteiger partial charge in [-0.1, -0.05) is 11.6 Å². The lowest BCUT2D eigenvalue weighted by Crippen LogP contribution is -1.95. The second-order valence-corrected chi connectivity index (χ2v) is 4.36.